The van der Waals surface area contributed by atoms with Crippen LogP contribution in [0.15, 0.2) is 22.7 Å². The van der Waals surface area contributed by atoms with Crippen molar-refractivity contribution in [1.29, 1.82) is 0 Å². The quantitative estimate of drug-likeness (QED) is 0.736. The van der Waals surface area contributed by atoms with Crippen LogP contribution in [-0.4, -0.2) is 38.8 Å². The fourth-order valence-corrected chi connectivity index (χ4v) is 3.33. The zero-order valence-corrected chi connectivity index (χ0v) is 16.8. The molecule has 0 aliphatic carbocycles. The summed E-state index contributed by atoms with van der Waals surface area (Å²) in [6.45, 7) is 6.04. The third kappa shape index (κ3) is 5.62. The molecule has 0 atom stereocenters. The number of hydrogen-bond donors (Lipinski definition) is 2. The zero-order chi connectivity index (χ0) is 16.9. The topological polar surface area (TPSA) is 59.6 Å². The molecule has 1 amide bonds. The lowest BCUT2D eigenvalue weighted by Crippen LogP contribution is -2.47. The van der Waals surface area contributed by atoms with Crippen molar-refractivity contribution in [1.82, 2.24) is 5.32 Å². The molecule has 0 radical (unpaired) electrons. The van der Waals surface area contributed by atoms with Gasteiger partial charge in [-0.1, -0.05) is 15.9 Å². The van der Waals surface area contributed by atoms with Crippen LogP contribution in [0.2, 0.25) is 0 Å². The summed E-state index contributed by atoms with van der Waals surface area (Å²) in [6.07, 6.45) is 1.63. The summed E-state index contributed by atoms with van der Waals surface area (Å²) in [5.74, 6) is 0.741. The third-order valence-electron chi connectivity index (χ3n) is 3.96. The highest BCUT2D eigenvalue weighted by Gasteiger charge is 2.39. The highest BCUT2D eigenvalue weighted by Crippen LogP contribution is 2.32. The van der Waals surface area contributed by atoms with Gasteiger partial charge in [-0.15, -0.1) is 12.4 Å². The molecule has 2 N–H and O–H groups in total. The van der Waals surface area contributed by atoms with Gasteiger partial charge in [0.2, 0.25) is 5.91 Å². The van der Waals surface area contributed by atoms with Crippen molar-refractivity contribution >= 4 is 39.9 Å². The molecule has 7 heteroatoms. The number of benzene rings is 1. The van der Waals surface area contributed by atoms with Gasteiger partial charge in [0.05, 0.1) is 18.1 Å². The van der Waals surface area contributed by atoms with Crippen molar-refractivity contribution in [3.05, 3.63) is 22.7 Å². The molecule has 1 aromatic rings. The fraction of sp³-hybridized carbons (Fsp3) is 0.588. The molecule has 1 aliphatic rings. The molecule has 1 saturated heterocycles. The van der Waals surface area contributed by atoms with Gasteiger partial charge in [-0.3, -0.25) is 4.79 Å². The van der Waals surface area contributed by atoms with E-state index < -0.39 is 5.41 Å². The second kappa shape index (κ2) is 9.61. The number of nitrogens with one attached hydrogen (secondary N) is 2. The first-order valence-corrected chi connectivity index (χ1v) is 8.73. The summed E-state index contributed by atoms with van der Waals surface area (Å²) in [5.41, 5.74) is 0.260. The molecule has 0 aromatic heterocycles. The van der Waals surface area contributed by atoms with Crippen molar-refractivity contribution in [3.8, 4) is 5.75 Å². The predicted molar refractivity (Wildman–Crippen MR) is 102 cm³/mol. The third-order valence-corrected chi connectivity index (χ3v) is 4.42. The van der Waals surface area contributed by atoms with Gasteiger partial charge in [-0.2, -0.15) is 0 Å². The standard InChI is InChI=1S/C17H25BrN2O3.ClH/c1-12(2)23-15-9-13(18)8-14(10-15)20-16(21)17(11-22-3)4-6-19-7-5-17;/h8-10,12,19H,4-7,11H2,1-3H3,(H,20,21);1H. The minimum absolute atomic E-state index is 0. The Labute approximate surface area is 158 Å². The second-order valence-electron chi connectivity index (χ2n) is 6.26. The number of anilines is 1. The van der Waals surface area contributed by atoms with Crippen LogP contribution in [0.1, 0.15) is 26.7 Å². The Morgan fingerprint density at radius 3 is 2.58 bits per heavy atom. The van der Waals surface area contributed by atoms with Crippen LogP contribution in [-0.2, 0) is 9.53 Å². The summed E-state index contributed by atoms with van der Waals surface area (Å²) >= 11 is 3.47. The lowest BCUT2D eigenvalue weighted by atomic mass is 9.78. The Morgan fingerprint density at radius 2 is 2.00 bits per heavy atom. The maximum atomic E-state index is 12.8. The molecule has 136 valence electrons. The van der Waals surface area contributed by atoms with Gasteiger partial charge in [0.25, 0.3) is 0 Å². The van der Waals surface area contributed by atoms with E-state index in [0.29, 0.717) is 6.61 Å². The average molecular weight is 422 g/mol. The number of amides is 1. The number of carbonyl (C=O) groups excluding carboxylic acids is 1. The van der Waals surface area contributed by atoms with E-state index in [1.807, 2.05) is 32.0 Å². The molecule has 2 rings (SSSR count). The van der Waals surface area contributed by atoms with Crippen molar-refractivity contribution in [2.75, 3.05) is 32.1 Å². The van der Waals surface area contributed by atoms with Gasteiger partial charge in [-0.25, -0.2) is 0 Å². The van der Waals surface area contributed by atoms with Crippen LogP contribution < -0.4 is 15.4 Å². The van der Waals surface area contributed by atoms with Crippen molar-refractivity contribution in [2.45, 2.75) is 32.8 Å². The Morgan fingerprint density at radius 1 is 1.33 bits per heavy atom. The zero-order valence-electron chi connectivity index (χ0n) is 14.4. The average Bonchev–Trinajstić information content (AvgIpc) is 2.47. The van der Waals surface area contributed by atoms with Crippen molar-refractivity contribution in [3.63, 3.8) is 0 Å². The van der Waals surface area contributed by atoms with Crippen LogP contribution in [0.25, 0.3) is 0 Å². The Balaban J connectivity index is 0.00000288. The number of rotatable bonds is 6. The minimum atomic E-state index is -0.471. The molecule has 1 aromatic carbocycles. The number of halogens is 2. The summed E-state index contributed by atoms with van der Waals surface area (Å²) in [6, 6.07) is 5.63. The van der Waals surface area contributed by atoms with E-state index >= 15 is 0 Å². The predicted octanol–water partition coefficient (Wildman–Crippen LogP) is 3.61. The first kappa shape index (κ1) is 21.2. The SMILES string of the molecule is COCC1(C(=O)Nc2cc(Br)cc(OC(C)C)c2)CCNCC1.Cl. The number of ether oxygens (including phenoxy) is 2. The molecule has 24 heavy (non-hydrogen) atoms. The molecular formula is C17H26BrClN2O3. The number of hydrogen-bond acceptors (Lipinski definition) is 4. The fourth-order valence-electron chi connectivity index (χ4n) is 2.86. The first-order chi connectivity index (χ1) is 10.9. The maximum Gasteiger partial charge on any atom is 0.233 e. The van der Waals surface area contributed by atoms with Crippen LogP contribution in [0.5, 0.6) is 5.75 Å². The van der Waals surface area contributed by atoms with E-state index in [-0.39, 0.29) is 24.4 Å². The second-order valence-corrected chi connectivity index (χ2v) is 7.18. The number of methoxy groups -OCH3 is 1. The smallest absolute Gasteiger partial charge is 0.233 e. The van der Waals surface area contributed by atoms with E-state index in [4.69, 9.17) is 9.47 Å². The van der Waals surface area contributed by atoms with Crippen LogP contribution >= 0.6 is 28.3 Å². The lowest BCUT2D eigenvalue weighted by molar-refractivity contribution is -0.130. The lowest BCUT2D eigenvalue weighted by Gasteiger charge is -2.35. The summed E-state index contributed by atoms with van der Waals surface area (Å²) in [4.78, 5) is 12.8. The molecule has 0 bridgehead atoms. The van der Waals surface area contributed by atoms with Crippen molar-refractivity contribution in [2.24, 2.45) is 5.41 Å². The van der Waals surface area contributed by atoms with Gasteiger partial charge >= 0.3 is 0 Å². The Hall–Kier alpha value is -0.820. The van der Waals surface area contributed by atoms with Gasteiger partial charge in [-0.05, 0) is 51.9 Å². The summed E-state index contributed by atoms with van der Waals surface area (Å²) < 4.78 is 11.9. The van der Waals surface area contributed by atoms with Gasteiger partial charge in [0.1, 0.15) is 5.75 Å². The highest BCUT2D eigenvalue weighted by atomic mass is 79.9. The minimum Gasteiger partial charge on any atom is -0.491 e. The van der Waals surface area contributed by atoms with Crippen LogP contribution in [0.4, 0.5) is 5.69 Å². The molecule has 1 heterocycles. The van der Waals surface area contributed by atoms with E-state index in [1.165, 1.54) is 0 Å². The molecule has 1 fully saturated rings. The van der Waals surface area contributed by atoms with Crippen molar-refractivity contribution < 1.29 is 14.3 Å². The normalized spacial score (nSPS) is 16.4. The molecular weight excluding hydrogens is 396 g/mol. The van der Waals surface area contributed by atoms with Crippen LogP contribution in [0, 0.1) is 5.41 Å². The summed E-state index contributed by atoms with van der Waals surface area (Å²) in [5, 5.41) is 6.33. The van der Waals surface area contributed by atoms with Crippen LogP contribution in [0.3, 0.4) is 0 Å². The molecule has 5 nitrogen and oxygen atoms in total. The first-order valence-electron chi connectivity index (χ1n) is 7.93. The number of piperidine rings is 1. The highest BCUT2D eigenvalue weighted by molar-refractivity contribution is 9.10. The van der Waals surface area contributed by atoms with Gasteiger partial charge in [0.15, 0.2) is 0 Å². The Bertz CT molecular complexity index is 543. The largest absolute Gasteiger partial charge is 0.491 e. The molecule has 1 aliphatic heterocycles. The Kier molecular flexibility index (Phi) is 8.50. The van der Waals surface area contributed by atoms with Gasteiger partial charge in [0, 0.05) is 23.3 Å². The molecule has 0 unspecified atom stereocenters. The maximum absolute atomic E-state index is 12.8. The molecule has 0 saturated carbocycles. The van der Waals surface area contributed by atoms with E-state index in [9.17, 15) is 4.79 Å². The molecule has 0 spiro atoms. The summed E-state index contributed by atoms with van der Waals surface area (Å²) in [7, 11) is 1.64. The monoisotopic (exact) mass is 420 g/mol. The van der Waals surface area contributed by atoms with E-state index in [2.05, 4.69) is 26.6 Å². The number of carbonyl (C=O) groups is 1. The van der Waals surface area contributed by atoms with Gasteiger partial charge < -0.3 is 20.1 Å². The van der Waals surface area contributed by atoms with E-state index in [0.717, 1.165) is 41.8 Å². The van der Waals surface area contributed by atoms with E-state index in [1.54, 1.807) is 7.11 Å².